The van der Waals surface area contributed by atoms with Gasteiger partial charge in [-0.15, -0.1) is 0 Å². The van der Waals surface area contributed by atoms with Gasteiger partial charge in [0.05, 0.1) is 18.1 Å². The minimum atomic E-state index is 0.677. The summed E-state index contributed by atoms with van der Waals surface area (Å²) in [7, 11) is 1.67. The molecule has 4 aromatic rings. The van der Waals surface area contributed by atoms with Crippen molar-refractivity contribution in [3.05, 3.63) is 75.6 Å². The molecule has 0 saturated heterocycles. The van der Waals surface area contributed by atoms with E-state index in [1.807, 2.05) is 60.7 Å². The Kier molecular flexibility index (Phi) is 3.76. The number of ether oxygens (including phenoxy) is 1. The van der Waals surface area contributed by atoms with E-state index < -0.39 is 0 Å². The van der Waals surface area contributed by atoms with E-state index >= 15 is 0 Å². The van der Waals surface area contributed by atoms with Crippen LogP contribution in [-0.4, -0.2) is 7.11 Å². The van der Waals surface area contributed by atoms with Crippen molar-refractivity contribution < 1.29 is 9.47 Å². The predicted octanol–water partition coefficient (Wildman–Crippen LogP) is 4.91. The third kappa shape index (κ3) is 2.29. The second-order valence-electron chi connectivity index (χ2n) is 5.56. The molecule has 0 saturated carbocycles. The topological polar surface area (TPSA) is 36.2 Å². The standard InChI is InChI=1S/C20H14INO2/c1-24-18-12-17(21)19(16-9-5-4-8-15(16)18)20-14-7-3-2-6-13(14)10-11-22(20)23/h2-12H,1H3. The highest BCUT2D eigenvalue weighted by Crippen LogP contribution is 2.39. The number of benzene rings is 3. The van der Waals surface area contributed by atoms with E-state index in [2.05, 4.69) is 22.6 Å². The molecule has 0 fully saturated rings. The van der Waals surface area contributed by atoms with Crippen LogP contribution in [-0.2, 0) is 0 Å². The normalized spacial score (nSPS) is 11.1. The lowest BCUT2D eigenvalue weighted by atomic mass is 9.97. The van der Waals surface area contributed by atoms with Gasteiger partial charge in [-0.3, -0.25) is 0 Å². The summed E-state index contributed by atoms with van der Waals surface area (Å²) in [4.78, 5) is 0. The SMILES string of the molecule is COc1cc(I)c(-c2c3ccccc3cc[n+]2[O-])c2ccccc12. The Labute approximate surface area is 153 Å². The molecule has 0 N–H and O–H groups in total. The van der Waals surface area contributed by atoms with Crippen LogP contribution in [0.3, 0.4) is 0 Å². The van der Waals surface area contributed by atoms with Gasteiger partial charge in [-0.1, -0.05) is 42.5 Å². The van der Waals surface area contributed by atoms with Crippen molar-refractivity contribution >= 4 is 44.1 Å². The Morgan fingerprint density at radius 3 is 2.33 bits per heavy atom. The quantitative estimate of drug-likeness (QED) is 0.259. The van der Waals surface area contributed by atoms with Gasteiger partial charge < -0.3 is 9.94 Å². The third-order valence-corrected chi connectivity index (χ3v) is 5.09. The van der Waals surface area contributed by atoms with Gasteiger partial charge in [-0.05, 0) is 40.1 Å². The van der Waals surface area contributed by atoms with Crippen LogP contribution in [0.25, 0.3) is 32.8 Å². The Morgan fingerprint density at radius 2 is 1.58 bits per heavy atom. The van der Waals surface area contributed by atoms with Gasteiger partial charge in [0.25, 0.3) is 0 Å². The fraction of sp³-hybridized carbons (Fsp3) is 0.0500. The number of hydrogen-bond acceptors (Lipinski definition) is 2. The fourth-order valence-corrected chi connectivity index (χ4v) is 3.99. The summed E-state index contributed by atoms with van der Waals surface area (Å²) in [6, 6.07) is 19.8. The molecule has 4 rings (SSSR count). The van der Waals surface area contributed by atoms with Crippen molar-refractivity contribution in [3.63, 3.8) is 0 Å². The van der Waals surface area contributed by atoms with Crippen LogP contribution in [0.2, 0.25) is 0 Å². The monoisotopic (exact) mass is 427 g/mol. The molecule has 1 heterocycles. The lowest BCUT2D eigenvalue weighted by Gasteiger charge is -2.14. The maximum atomic E-state index is 12.7. The zero-order valence-electron chi connectivity index (χ0n) is 13.0. The molecule has 118 valence electrons. The number of hydrogen-bond donors (Lipinski definition) is 0. The Balaban J connectivity index is 2.20. The summed E-state index contributed by atoms with van der Waals surface area (Å²) in [5.74, 6) is 0.816. The van der Waals surface area contributed by atoms with E-state index in [1.54, 1.807) is 13.3 Å². The average Bonchev–Trinajstić information content (AvgIpc) is 2.62. The first-order valence-corrected chi connectivity index (χ1v) is 8.65. The predicted molar refractivity (Wildman–Crippen MR) is 105 cm³/mol. The van der Waals surface area contributed by atoms with Crippen LogP contribution in [0.5, 0.6) is 5.75 Å². The minimum absolute atomic E-state index is 0.677. The number of methoxy groups -OCH3 is 1. The first-order chi connectivity index (χ1) is 11.7. The molecule has 0 radical (unpaired) electrons. The summed E-state index contributed by atoms with van der Waals surface area (Å²) in [5.41, 5.74) is 1.62. The number of halogens is 1. The maximum absolute atomic E-state index is 12.7. The maximum Gasteiger partial charge on any atom is 0.233 e. The zero-order chi connectivity index (χ0) is 16.7. The number of fused-ring (bicyclic) bond motifs is 2. The van der Waals surface area contributed by atoms with Crippen LogP contribution >= 0.6 is 22.6 Å². The molecule has 0 amide bonds. The number of nitrogens with zero attached hydrogens (tertiary/aromatic N) is 1. The molecular formula is C20H14INO2. The summed E-state index contributed by atoms with van der Waals surface area (Å²) in [6.45, 7) is 0. The Bertz CT molecular complexity index is 1080. The van der Waals surface area contributed by atoms with Crippen molar-refractivity contribution in [2.24, 2.45) is 0 Å². The van der Waals surface area contributed by atoms with Crippen molar-refractivity contribution in [1.82, 2.24) is 0 Å². The first kappa shape index (κ1) is 15.2. The van der Waals surface area contributed by atoms with E-state index in [0.29, 0.717) is 5.69 Å². The van der Waals surface area contributed by atoms with Crippen molar-refractivity contribution in [1.29, 1.82) is 0 Å². The number of pyridine rings is 1. The highest BCUT2D eigenvalue weighted by atomic mass is 127. The van der Waals surface area contributed by atoms with Crippen LogP contribution < -0.4 is 9.47 Å². The van der Waals surface area contributed by atoms with Gasteiger partial charge in [0, 0.05) is 20.4 Å². The van der Waals surface area contributed by atoms with Crippen LogP contribution in [0.15, 0.2) is 66.9 Å². The molecule has 0 unspecified atom stereocenters. The van der Waals surface area contributed by atoms with Gasteiger partial charge in [0.1, 0.15) is 5.75 Å². The summed E-state index contributed by atoms with van der Waals surface area (Å²) in [6.07, 6.45) is 1.58. The lowest BCUT2D eigenvalue weighted by molar-refractivity contribution is -0.592. The summed E-state index contributed by atoms with van der Waals surface area (Å²) < 4.78 is 7.47. The second-order valence-corrected chi connectivity index (χ2v) is 6.72. The third-order valence-electron chi connectivity index (χ3n) is 4.24. The summed E-state index contributed by atoms with van der Waals surface area (Å²) >= 11 is 2.28. The van der Waals surface area contributed by atoms with Gasteiger partial charge in [0.2, 0.25) is 5.69 Å². The molecule has 3 nitrogen and oxygen atoms in total. The molecule has 0 atom stereocenters. The average molecular weight is 427 g/mol. The molecule has 4 heteroatoms. The second kappa shape index (κ2) is 5.94. The highest BCUT2D eigenvalue weighted by Gasteiger charge is 2.21. The van der Waals surface area contributed by atoms with Crippen LogP contribution in [0, 0.1) is 8.78 Å². The molecule has 0 spiro atoms. The minimum Gasteiger partial charge on any atom is -0.618 e. The van der Waals surface area contributed by atoms with Gasteiger partial charge >= 0.3 is 0 Å². The van der Waals surface area contributed by atoms with E-state index in [4.69, 9.17) is 4.74 Å². The molecule has 0 aliphatic carbocycles. The molecule has 3 aromatic carbocycles. The van der Waals surface area contributed by atoms with Crippen molar-refractivity contribution in [2.75, 3.05) is 7.11 Å². The fourth-order valence-electron chi connectivity index (χ4n) is 3.16. The van der Waals surface area contributed by atoms with E-state index in [1.165, 1.54) is 0 Å². The number of aromatic nitrogens is 1. The molecule has 24 heavy (non-hydrogen) atoms. The van der Waals surface area contributed by atoms with Crippen molar-refractivity contribution in [3.8, 4) is 17.0 Å². The smallest absolute Gasteiger partial charge is 0.233 e. The van der Waals surface area contributed by atoms with Crippen molar-refractivity contribution in [2.45, 2.75) is 0 Å². The zero-order valence-corrected chi connectivity index (χ0v) is 15.2. The van der Waals surface area contributed by atoms with Gasteiger partial charge in [-0.2, -0.15) is 4.73 Å². The van der Waals surface area contributed by atoms with E-state index in [-0.39, 0.29) is 0 Å². The highest BCUT2D eigenvalue weighted by molar-refractivity contribution is 14.1. The van der Waals surface area contributed by atoms with Gasteiger partial charge in [-0.25, -0.2) is 0 Å². The Morgan fingerprint density at radius 1 is 0.917 bits per heavy atom. The molecule has 1 aromatic heterocycles. The molecular weight excluding hydrogens is 413 g/mol. The Hall–Kier alpha value is -2.34. The molecule has 0 aliphatic heterocycles. The van der Waals surface area contributed by atoms with Crippen LogP contribution in [0.1, 0.15) is 0 Å². The lowest BCUT2D eigenvalue weighted by Crippen LogP contribution is -2.29. The van der Waals surface area contributed by atoms with Gasteiger partial charge in [0.15, 0.2) is 6.20 Å². The molecule has 0 aliphatic rings. The number of rotatable bonds is 2. The molecule has 0 bridgehead atoms. The van der Waals surface area contributed by atoms with E-state index in [9.17, 15) is 5.21 Å². The van der Waals surface area contributed by atoms with E-state index in [0.717, 1.165) is 41.2 Å². The largest absolute Gasteiger partial charge is 0.618 e. The first-order valence-electron chi connectivity index (χ1n) is 7.57. The summed E-state index contributed by atoms with van der Waals surface area (Å²) in [5, 5.41) is 16.7. The van der Waals surface area contributed by atoms with Crippen LogP contribution in [0.4, 0.5) is 0 Å².